The molecule has 3 N–H and O–H groups in total. The van der Waals surface area contributed by atoms with E-state index in [0.717, 1.165) is 12.4 Å². The van der Waals surface area contributed by atoms with Crippen molar-refractivity contribution < 1.29 is 9.90 Å². The molecule has 1 aromatic rings. The lowest BCUT2D eigenvalue weighted by Gasteiger charge is -2.13. The Labute approximate surface area is 100 Å². The van der Waals surface area contributed by atoms with Gasteiger partial charge in [0.25, 0.3) is 0 Å². The Morgan fingerprint density at radius 1 is 1.47 bits per heavy atom. The van der Waals surface area contributed by atoms with Crippen molar-refractivity contribution >= 4 is 17.6 Å². The summed E-state index contributed by atoms with van der Waals surface area (Å²) in [7, 11) is 0. The summed E-state index contributed by atoms with van der Waals surface area (Å²) in [5.41, 5.74) is 0. The zero-order valence-corrected chi connectivity index (χ0v) is 10.3. The van der Waals surface area contributed by atoms with Crippen molar-refractivity contribution in [2.45, 2.75) is 33.2 Å². The van der Waals surface area contributed by atoms with Crippen molar-refractivity contribution in [1.29, 1.82) is 0 Å². The minimum Gasteiger partial charge on any atom is -0.481 e. The molecule has 6 nitrogen and oxygen atoms in total. The Morgan fingerprint density at radius 3 is 2.71 bits per heavy atom. The van der Waals surface area contributed by atoms with Gasteiger partial charge >= 0.3 is 5.97 Å². The van der Waals surface area contributed by atoms with Crippen LogP contribution in [0.3, 0.4) is 0 Å². The van der Waals surface area contributed by atoms with E-state index in [2.05, 4.69) is 20.6 Å². The summed E-state index contributed by atoms with van der Waals surface area (Å²) >= 11 is 0. The van der Waals surface area contributed by atoms with Crippen molar-refractivity contribution in [1.82, 2.24) is 9.97 Å². The third-order valence-electron chi connectivity index (χ3n) is 2.07. The molecular formula is C11H18N4O2. The van der Waals surface area contributed by atoms with Gasteiger partial charge < -0.3 is 15.7 Å². The van der Waals surface area contributed by atoms with E-state index in [1.807, 2.05) is 6.92 Å². The van der Waals surface area contributed by atoms with E-state index in [1.165, 1.54) is 0 Å². The predicted octanol–water partition coefficient (Wildman–Crippen LogP) is 1.49. The second-order valence-electron chi connectivity index (χ2n) is 3.86. The number of nitrogens with zero attached hydrogens (tertiary/aromatic N) is 2. The zero-order valence-electron chi connectivity index (χ0n) is 10.3. The number of nitrogens with one attached hydrogen (secondary N) is 2. The minimum absolute atomic E-state index is 0.0551. The summed E-state index contributed by atoms with van der Waals surface area (Å²) in [6.07, 6.45) is 0.0551. The fourth-order valence-electron chi connectivity index (χ4n) is 1.48. The molecule has 0 saturated heterocycles. The Hall–Kier alpha value is -1.85. The summed E-state index contributed by atoms with van der Waals surface area (Å²) in [5, 5.41) is 14.8. The van der Waals surface area contributed by atoms with Gasteiger partial charge in [-0.15, -0.1) is 0 Å². The summed E-state index contributed by atoms with van der Waals surface area (Å²) in [4.78, 5) is 19.0. The van der Waals surface area contributed by atoms with Crippen LogP contribution in [0.2, 0.25) is 0 Å². The zero-order chi connectivity index (χ0) is 12.8. The summed E-state index contributed by atoms with van der Waals surface area (Å²) < 4.78 is 0. The van der Waals surface area contributed by atoms with Crippen molar-refractivity contribution in [3.8, 4) is 0 Å². The van der Waals surface area contributed by atoms with E-state index in [9.17, 15) is 4.79 Å². The van der Waals surface area contributed by atoms with Crippen molar-refractivity contribution in [3.63, 3.8) is 0 Å². The van der Waals surface area contributed by atoms with Crippen molar-refractivity contribution in [2.75, 3.05) is 17.2 Å². The van der Waals surface area contributed by atoms with E-state index in [-0.39, 0.29) is 12.5 Å². The average Bonchev–Trinajstić information content (AvgIpc) is 2.14. The highest BCUT2D eigenvalue weighted by molar-refractivity contribution is 5.68. The molecule has 0 radical (unpaired) electrons. The van der Waals surface area contributed by atoms with E-state index in [4.69, 9.17) is 5.11 Å². The molecule has 0 aromatic carbocycles. The smallest absolute Gasteiger partial charge is 0.305 e. The highest BCUT2D eigenvalue weighted by Gasteiger charge is 2.09. The molecule has 0 saturated carbocycles. The molecule has 1 unspecified atom stereocenters. The number of carbonyl (C=O) groups is 1. The van der Waals surface area contributed by atoms with Crippen LogP contribution in [0, 0.1) is 6.92 Å². The highest BCUT2D eigenvalue weighted by atomic mass is 16.4. The quantitative estimate of drug-likeness (QED) is 0.696. The fraction of sp³-hybridized carbons (Fsp3) is 0.545. The Morgan fingerprint density at radius 2 is 2.12 bits per heavy atom. The van der Waals surface area contributed by atoms with Gasteiger partial charge in [-0.2, -0.15) is 0 Å². The molecule has 0 fully saturated rings. The number of carboxylic acids is 1. The number of hydrogen-bond donors (Lipinski definition) is 3. The largest absolute Gasteiger partial charge is 0.481 e. The number of aromatic nitrogens is 2. The van der Waals surface area contributed by atoms with Crippen LogP contribution < -0.4 is 10.6 Å². The Balaban J connectivity index is 2.72. The van der Waals surface area contributed by atoms with Gasteiger partial charge in [0.1, 0.15) is 17.5 Å². The van der Waals surface area contributed by atoms with Crippen LogP contribution >= 0.6 is 0 Å². The minimum atomic E-state index is -0.831. The van der Waals surface area contributed by atoms with Crippen LogP contribution in [0.1, 0.15) is 26.1 Å². The van der Waals surface area contributed by atoms with Gasteiger partial charge in [0.2, 0.25) is 0 Å². The van der Waals surface area contributed by atoms with E-state index in [1.54, 1.807) is 19.9 Å². The molecule has 0 aliphatic carbocycles. The van der Waals surface area contributed by atoms with E-state index < -0.39 is 5.97 Å². The topological polar surface area (TPSA) is 87.1 Å². The monoisotopic (exact) mass is 238 g/mol. The molecule has 0 aliphatic rings. The van der Waals surface area contributed by atoms with E-state index >= 15 is 0 Å². The third-order valence-corrected chi connectivity index (χ3v) is 2.07. The molecule has 0 spiro atoms. The maximum Gasteiger partial charge on any atom is 0.305 e. The number of anilines is 2. The first-order valence-corrected chi connectivity index (χ1v) is 5.59. The Kier molecular flexibility index (Phi) is 4.68. The SMILES string of the molecule is CCNc1cc(NC(C)CC(=O)O)nc(C)n1. The third kappa shape index (κ3) is 4.67. The van der Waals surface area contributed by atoms with Crippen LogP contribution in [0.25, 0.3) is 0 Å². The number of hydrogen-bond acceptors (Lipinski definition) is 5. The van der Waals surface area contributed by atoms with Crippen LogP contribution in [-0.4, -0.2) is 33.6 Å². The molecule has 1 atom stereocenters. The van der Waals surface area contributed by atoms with Gasteiger partial charge in [-0.05, 0) is 20.8 Å². The lowest BCUT2D eigenvalue weighted by molar-refractivity contribution is -0.137. The molecule has 1 rings (SSSR count). The number of carboxylic acid groups (broad SMARTS) is 1. The average molecular weight is 238 g/mol. The first-order chi connectivity index (χ1) is 8.01. The van der Waals surface area contributed by atoms with Gasteiger partial charge in [0.05, 0.1) is 6.42 Å². The van der Waals surface area contributed by atoms with Crippen LogP contribution in [-0.2, 0) is 4.79 Å². The lowest BCUT2D eigenvalue weighted by atomic mass is 10.2. The Bertz CT molecular complexity index is 395. The van der Waals surface area contributed by atoms with Crippen LogP contribution in [0.5, 0.6) is 0 Å². The van der Waals surface area contributed by atoms with Crippen LogP contribution in [0.4, 0.5) is 11.6 Å². The maximum absolute atomic E-state index is 10.6. The fourth-order valence-corrected chi connectivity index (χ4v) is 1.48. The van der Waals surface area contributed by atoms with Gasteiger partial charge in [0.15, 0.2) is 0 Å². The standard InChI is InChI=1S/C11H18N4O2/c1-4-12-9-6-10(15-8(3)14-9)13-7(2)5-11(16)17/h6-7H,4-5H2,1-3H3,(H,16,17)(H2,12,13,14,15). The van der Waals surface area contributed by atoms with E-state index in [0.29, 0.717) is 11.6 Å². The van der Waals surface area contributed by atoms with Gasteiger partial charge in [-0.25, -0.2) is 9.97 Å². The molecule has 0 bridgehead atoms. The van der Waals surface area contributed by atoms with Gasteiger partial charge in [0, 0.05) is 18.7 Å². The molecule has 94 valence electrons. The first kappa shape index (κ1) is 13.2. The molecular weight excluding hydrogens is 220 g/mol. The van der Waals surface area contributed by atoms with Gasteiger partial charge in [-0.3, -0.25) is 4.79 Å². The molecule has 17 heavy (non-hydrogen) atoms. The predicted molar refractivity (Wildman–Crippen MR) is 66.3 cm³/mol. The second kappa shape index (κ2) is 6.03. The molecule has 0 amide bonds. The second-order valence-corrected chi connectivity index (χ2v) is 3.86. The number of aryl methyl sites for hydroxylation is 1. The first-order valence-electron chi connectivity index (χ1n) is 5.59. The maximum atomic E-state index is 10.6. The van der Waals surface area contributed by atoms with Crippen LogP contribution in [0.15, 0.2) is 6.07 Å². The van der Waals surface area contributed by atoms with Gasteiger partial charge in [-0.1, -0.05) is 0 Å². The normalized spacial score (nSPS) is 11.9. The molecule has 0 aliphatic heterocycles. The van der Waals surface area contributed by atoms with Crippen molar-refractivity contribution in [3.05, 3.63) is 11.9 Å². The molecule has 1 heterocycles. The molecule has 6 heteroatoms. The number of aliphatic carboxylic acids is 1. The van der Waals surface area contributed by atoms with Crippen molar-refractivity contribution in [2.24, 2.45) is 0 Å². The highest BCUT2D eigenvalue weighted by Crippen LogP contribution is 2.12. The lowest BCUT2D eigenvalue weighted by Crippen LogP contribution is -2.20. The summed E-state index contributed by atoms with van der Waals surface area (Å²) in [6, 6.07) is 1.60. The summed E-state index contributed by atoms with van der Waals surface area (Å²) in [5.74, 6) is 1.20. The molecule has 1 aromatic heterocycles. The summed E-state index contributed by atoms with van der Waals surface area (Å²) in [6.45, 7) is 6.37. The number of rotatable bonds is 6.